The molecule has 1 N–H and O–H groups in total. The van der Waals surface area contributed by atoms with Gasteiger partial charge in [0.25, 0.3) is 0 Å². The molecule has 1 aromatic rings. The van der Waals surface area contributed by atoms with Crippen LogP contribution in [-0.4, -0.2) is 12.6 Å². The van der Waals surface area contributed by atoms with Crippen molar-refractivity contribution in [1.29, 1.82) is 0 Å². The molecule has 1 unspecified atom stereocenters. The average molecular weight is 291 g/mol. The lowest BCUT2D eigenvalue weighted by molar-refractivity contribution is 0.418. The molecule has 0 aliphatic heterocycles. The van der Waals surface area contributed by atoms with Crippen LogP contribution in [0.5, 0.6) is 0 Å². The number of rotatable bonds is 11. The molecule has 0 saturated heterocycles. The van der Waals surface area contributed by atoms with Gasteiger partial charge in [-0.15, -0.1) is 0 Å². The smallest absolute Gasteiger partial charge is 0.123 e. The van der Waals surface area contributed by atoms with Crippen LogP contribution in [0.2, 0.25) is 0 Å². The largest absolute Gasteiger partial charge is 0.314 e. The van der Waals surface area contributed by atoms with Gasteiger partial charge in [0.15, 0.2) is 0 Å². The molecule has 1 saturated carbocycles. The molecule has 1 fully saturated rings. The molecule has 21 heavy (non-hydrogen) atoms. The molecule has 1 aromatic carbocycles. The third-order valence-corrected chi connectivity index (χ3v) is 4.40. The van der Waals surface area contributed by atoms with Crippen molar-refractivity contribution in [2.24, 2.45) is 5.92 Å². The molecule has 0 spiro atoms. The first-order valence-corrected chi connectivity index (χ1v) is 8.75. The second-order valence-corrected chi connectivity index (χ2v) is 6.59. The molecule has 1 atom stereocenters. The third-order valence-electron chi connectivity index (χ3n) is 4.40. The summed E-state index contributed by atoms with van der Waals surface area (Å²) in [6, 6.07) is 7.88. The summed E-state index contributed by atoms with van der Waals surface area (Å²) >= 11 is 0. The maximum Gasteiger partial charge on any atom is 0.123 e. The Balaban J connectivity index is 1.76. The number of hydrogen-bond acceptors (Lipinski definition) is 1. The Labute approximate surface area is 129 Å². The molecule has 0 amide bonds. The molecule has 1 aliphatic carbocycles. The van der Waals surface area contributed by atoms with E-state index in [2.05, 4.69) is 18.3 Å². The lowest BCUT2D eigenvalue weighted by atomic mass is 9.93. The topological polar surface area (TPSA) is 12.0 Å². The second kappa shape index (κ2) is 9.19. The highest BCUT2D eigenvalue weighted by Crippen LogP contribution is 2.22. The van der Waals surface area contributed by atoms with Gasteiger partial charge in [0, 0.05) is 6.04 Å². The summed E-state index contributed by atoms with van der Waals surface area (Å²) < 4.78 is 13.3. The fourth-order valence-electron chi connectivity index (χ4n) is 2.93. The van der Waals surface area contributed by atoms with Gasteiger partial charge >= 0.3 is 0 Å². The van der Waals surface area contributed by atoms with Crippen molar-refractivity contribution in [1.82, 2.24) is 5.32 Å². The normalized spacial score (nSPS) is 16.1. The molecular formula is C19H30FN. The number of unbranched alkanes of at least 4 members (excludes halogenated alkanes) is 4. The van der Waals surface area contributed by atoms with E-state index < -0.39 is 0 Å². The summed E-state index contributed by atoms with van der Waals surface area (Å²) in [5, 5.41) is 3.65. The van der Waals surface area contributed by atoms with Crippen LogP contribution in [0, 0.1) is 11.7 Å². The Hall–Kier alpha value is -0.890. The molecule has 118 valence electrons. The summed E-state index contributed by atoms with van der Waals surface area (Å²) in [7, 11) is 0. The lowest BCUT2D eigenvalue weighted by Gasteiger charge is -2.18. The van der Waals surface area contributed by atoms with Crippen LogP contribution in [0.15, 0.2) is 24.3 Å². The summed E-state index contributed by atoms with van der Waals surface area (Å²) in [6.07, 6.45) is 11.6. The van der Waals surface area contributed by atoms with Gasteiger partial charge in [0.1, 0.15) is 5.82 Å². The van der Waals surface area contributed by atoms with Gasteiger partial charge in [0.2, 0.25) is 0 Å². The summed E-state index contributed by atoms with van der Waals surface area (Å²) in [4.78, 5) is 0. The van der Waals surface area contributed by atoms with Crippen molar-refractivity contribution in [3.8, 4) is 0 Å². The van der Waals surface area contributed by atoms with Gasteiger partial charge in [-0.3, -0.25) is 0 Å². The van der Waals surface area contributed by atoms with Gasteiger partial charge in [-0.1, -0.05) is 51.2 Å². The van der Waals surface area contributed by atoms with E-state index in [0.29, 0.717) is 5.92 Å². The predicted molar refractivity (Wildman–Crippen MR) is 88.0 cm³/mol. The quantitative estimate of drug-likeness (QED) is 0.559. The van der Waals surface area contributed by atoms with Crippen molar-refractivity contribution < 1.29 is 4.39 Å². The highest BCUT2D eigenvalue weighted by atomic mass is 19.1. The van der Waals surface area contributed by atoms with Crippen molar-refractivity contribution in [2.75, 3.05) is 6.54 Å². The molecule has 0 radical (unpaired) electrons. The van der Waals surface area contributed by atoms with Gasteiger partial charge in [-0.2, -0.15) is 0 Å². The predicted octanol–water partition coefficient (Wildman–Crippen LogP) is 5.10. The van der Waals surface area contributed by atoms with E-state index in [1.54, 1.807) is 6.07 Å². The SMILES string of the molecule is CCCCCCCC(CNC1CC1)Cc1cccc(F)c1. The summed E-state index contributed by atoms with van der Waals surface area (Å²) in [5.41, 5.74) is 1.14. The van der Waals surface area contributed by atoms with Crippen LogP contribution < -0.4 is 5.32 Å². The molecule has 2 heteroatoms. The van der Waals surface area contributed by atoms with Crippen LogP contribution in [0.4, 0.5) is 4.39 Å². The van der Waals surface area contributed by atoms with Crippen molar-refractivity contribution >= 4 is 0 Å². The average Bonchev–Trinajstić information content (AvgIpc) is 3.28. The Morgan fingerprint density at radius 3 is 2.71 bits per heavy atom. The van der Waals surface area contributed by atoms with Crippen LogP contribution in [0.3, 0.4) is 0 Å². The fourth-order valence-corrected chi connectivity index (χ4v) is 2.93. The van der Waals surface area contributed by atoms with Gasteiger partial charge in [-0.05, 0) is 55.8 Å². The Bertz CT molecular complexity index is 400. The second-order valence-electron chi connectivity index (χ2n) is 6.59. The molecule has 0 aromatic heterocycles. The molecule has 0 heterocycles. The first-order valence-electron chi connectivity index (χ1n) is 8.75. The highest BCUT2D eigenvalue weighted by molar-refractivity contribution is 5.17. The third kappa shape index (κ3) is 7.08. The first kappa shape index (κ1) is 16.5. The zero-order valence-corrected chi connectivity index (χ0v) is 13.4. The van der Waals surface area contributed by atoms with E-state index in [1.807, 2.05) is 6.07 Å². The fraction of sp³-hybridized carbons (Fsp3) is 0.684. The van der Waals surface area contributed by atoms with Crippen molar-refractivity contribution in [3.63, 3.8) is 0 Å². The Kier molecular flexibility index (Phi) is 7.21. The van der Waals surface area contributed by atoms with Crippen LogP contribution in [-0.2, 0) is 6.42 Å². The zero-order chi connectivity index (χ0) is 14.9. The van der Waals surface area contributed by atoms with E-state index in [9.17, 15) is 4.39 Å². The minimum Gasteiger partial charge on any atom is -0.314 e. The lowest BCUT2D eigenvalue weighted by Crippen LogP contribution is -2.26. The Morgan fingerprint density at radius 1 is 1.19 bits per heavy atom. The van der Waals surface area contributed by atoms with E-state index in [0.717, 1.165) is 24.6 Å². The standard InChI is InChI=1S/C19H30FN/c1-2-3-4-5-6-8-17(15-21-19-11-12-19)13-16-9-7-10-18(20)14-16/h7,9-10,14,17,19,21H,2-6,8,11-13,15H2,1H3. The minimum absolute atomic E-state index is 0.107. The van der Waals surface area contributed by atoms with Crippen LogP contribution in [0.1, 0.15) is 63.9 Å². The number of nitrogens with one attached hydrogen (secondary N) is 1. The van der Waals surface area contributed by atoms with E-state index in [1.165, 1.54) is 57.4 Å². The molecule has 0 bridgehead atoms. The van der Waals surface area contributed by atoms with Gasteiger partial charge < -0.3 is 5.32 Å². The molecule has 1 nitrogen and oxygen atoms in total. The van der Waals surface area contributed by atoms with E-state index in [4.69, 9.17) is 0 Å². The monoisotopic (exact) mass is 291 g/mol. The highest BCUT2D eigenvalue weighted by Gasteiger charge is 2.21. The minimum atomic E-state index is -0.107. The number of halogens is 1. The summed E-state index contributed by atoms with van der Waals surface area (Å²) in [5.74, 6) is 0.540. The van der Waals surface area contributed by atoms with Gasteiger partial charge in [0.05, 0.1) is 0 Å². The zero-order valence-electron chi connectivity index (χ0n) is 13.4. The molecule has 1 aliphatic rings. The molecule has 2 rings (SSSR count). The first-order chi connectivity index (χ1) is 10.3. The van der Waals surface area contributed by atoms with Crippen LogP contribution >= 0.6 is 0 Å². The van der Waals surface area contributed by atoms with Crippen molar-refractivity contribution in [3.05, 3.63) is 35.6 Å². The summed E-state index contributed by atoms with van der Waals surface area (Å²) in [6.45, 7) is 3.35. The molecular weight excluding hydrogens is 261 g/mol. The number of benzene rings is 1. The maximum absolute atomic E-state index is 13.3. The van der Waals surface area contributed by atoms with E-state index >= 15 is 0 Å². The number of hydrogen-bond donors (Lipinski definition) is 1. The van der Waals surface area contributed by atoms with Gasteiger partial charge in [-0.25, -0.2) is 4.39 Å². The van der Waals surface area contributed by atoms with E-state index in [-0.39, 0.29) is 5.82 Å². The maximum atomic E-state index is 13.3. The van der Waals surface area contributed by atoms with Crippen molar-refractivity contribution in [2.45, 2.75) is 70.8 Å². The Morgan fingerprint density at radius 2 is 2.00 bits per heavy atom. The van der Waals surface area contributed by atoms with Crippen LogP contribution in [0.25, 0.3) is 0 Å².